The zero-order valence-electron chi connectivity index (χ0n) is 9.23. The Morgan fingerprint density at radius 1 is 1.60 bits per heavy atom. The molecule has 1 aliphatic heterocycles. The lowest BCUT2D eigenvalue weighted by Crippen LogP contribution is -2.41. The molecule has 1 aliphatic rings. The van der Waals surface area contributed by atoms with Gasteiger partial charge in [-0.1, -0.05) is 19.9 Å². The Morgan fingerprint density at radius 3 is 2.93 bits per heavy atom. The molecule has 4 heteroatoms. The van der Waals surface area contributed by atoms with Crippen molar-refractivity contribution in [2.45, 2.75) is 13.8 Å². The van der Waals surface area contributed by atoms with E-state index in [-0.39, 0.29) is 24.2 Å². The third-order valence-electron chi connectivity index (χ3n) is 2.26. The number of hydrogen-bond donors (Lipinski definition) is 0. The summed E-state index contributed by atoms with van der Waals surface area (Å²) in [6.07, 6.45) is 3.29. The van der Waals surface area contributed by atoms with Crippen LogP contribution < -0.4 is 0 Å². The summed E-state index contributed by atoms with van der Waals surface area (Å²) in [7, 11) is 0. The zero-order valence-corrected chi connectivity index (χ0v) is 9.23. The Hall–Kier alpha value is -1.16. The number of ether oxygens (including phenoxy) is 1. The van der Waals surface area contributed by atoms with Crippen LogP contribution in [-0.2, 0) is 14.3 Å². The van der Waals surface area contributed by atoms with Gasteiger partial charge in [-0.2, -0.15) is 0 Å². The average Bonchev–Trinajstić information content (AvgIpc) is 2.20. The Bertz CT molecular complexity index is 271. The summed E-state index contributed by atoms with van der Waals surface area (Å²) in [5.41, 5.74) is 0. The van der Waals surface area contributed by atoms with E-state index in [4.69, 9.17) is 4.74 Å². The second-order valence-corrected chi connectivity index (χ2v) is 3.85. The van der Waals surface area contributed by atoms with Crippen LogP contribution in [0.1, 0.15) is 13.8 Å². The molecule has 0 bridgehead atoms. The van der Waals surface area contributed by atoms with Crippen LogP contribution in [0.25, 0.3) is 0 Å². The summed E-state index contributed by atoms with van der Waals surface area (Å²) >= 11 is 0. The summed E-state index contributed by atoms with van der Waals surface area (Å²) in [4.78, 5) is 24.2. The van der Waals surface area contributed by atoms with Crippen molar-refractivity contribution in [1.29, 1.82) is 0 Å². The molecule has 4 nitrogen and oxygen atoms in total. The summed E-state index contributed by atoms with van der Waals surface area (Å²) in [6, 6.07) is 0. The van der Waals surface area contributed by atoms with E-state index in [1.54, 1.807) is 17.1 Å². The molecule has 0 unspecified atom stereocenters. The monoisotopic (exact) mass is 211 g/mol. The van der Waals surface area contributed by atoms with Crippen molar-refractivity contribution in [3.05, 3.63) is 12.2 Å². The minimum Gasteiger partial charge on any atom is -0.370 e. The van der Waals surface area contributed by atoms with E-state index in [0.717, 1.165) is 0 Å². The predicted octanol–water partition coefficient (Wildman–Crippen LogP) is 0.626. The predicted molar refractivity (Wildman–Crippen MR) is 56.4 cm³/mol. The molecular weight excluding hydrogens is 194 g/mol. The van der Waals surface area contributed by atoms with Crippen LogP contribution in [0.15, 0.2) is 12.2 Å². The van der Waals surface area contributed by atoms with E-state index < -0.39 is 0 Å². The van der Waals surface area contributed by atoms with Crippen LogP contribution in [0.2, 0.25) is 0 Å². The van der Waals surface area contributed by atoms with Gasteiger partial charge in [-0.15, -0.1) is 0 Å². The average molecular weight is 211 g/mol. The molecule has 0 radical (unpaired) electrons. The lowest BCUT2D eigenvalue weighted by molar-refractivity contribution is -0.141. The summed E-state index contributed by atoms with van der Waals surface area (Å²) in [5, 5.41) is 0. The van der Waals surface area contributed by atoms with Gasteiger partial charge in [0, 0.05) is 19.0 Å². The van der Waals surface area contributed by atoms with Crippen molar-refractivity contribution in [2.24, 2.45) is 5.92 Å². The summed E-state index contributed by atoms with van der Waals surface area (Å²) in [6.45, 7) is 5.56. The fraction of sp³-hybridized carbons (Fsp3) is 0.636. The number of hydrogen-bond acceptors (Lipinski definition) is 3. The van der Waals surface area contributed by atoms with Crippen LogP contribution in [0.4, 0.5) is 0 Å². The maximum Gasteiger partial charge on any atom is 0.248 e. The van der Waals surface area contributed by atoms with Gasteiger partial charge in [0.25, 0.3) is 0 Å². The van der Waals surface area contributed by atoms with Gasteiger partial charge >= 0.3 is 0 Å². The molecule has 0 N–H and O–H groups in total. The quantitative estimate of drug-likeness (QED) is 0.641. The van der Waals surface area contributed by atoms with E-state index in [0.29, 0.717) is 19.7 Å². The minimum atomic E-state index is -0.0112. The van der Waals surface area contributed by atoms with Crippen LogP contribution in [0.5, 0.6) is 0 Å². The number of carbonyl (C=O) groups excluding carboxylic acids is 2. The van der Waals surface area contributed by atoms with Gasteiger partial charge in [0.05, 0.1) is 6.61 Å². The maximum absolute atomic E-state index is 11.3. The molecule has 0 aliphatic carbocycles. The Labute approximate surface area is 89.9 Å². The summed E-state index contributed by atoms with van der Waals surface area (Å²) < 4.78 is 5.00. The van der Waals surface area contributed by atoms with Crippen LogP contribution in [0, 0.1) is 5.92 Å². The molecule has 0 spiro atoms. The maximum atomic E-state index is 11.3. The molecule has 0 aromatic rings. The highest BCUT2D eigenvalue weighted by atomic mass is 16.5. The minimum absolute atomic E-state index is 0.0112. The Kier molecular flexibility index (Phi) is 4.49. The lowest BCUT2D eigenvalue weighted by Gasteiger charge is -2.25. The van der Waals surface area contributed by atoms with Crippen molar-refractivity contribution in [1.82, 2.24) is 4.90 Å². The van der Waals surface area contributed by atoms with E-state index in [9.17, 15) is 9.59 Å². The van der Waals surface area contributed by atoms with Crippen molar-refractivity contribution in [3.8, 4) is 0 Å². The number of morpholine rings is 1. The van der Waals surface area contributed by atoms with Gasteiger partial charge in [-0.25, -0.2) is 0 Å². The molecular formula is C11H17NO3. The largest absolute Gasteiger partial charge is 0.370 e. The van der Waals surface area contributed by atoms with Crippen molar-refractivity contribution >= 4 is 11.7 Å². The van der Waals surface area contributed by atoms with E-state index in [2.05, 4.69) is 0 Å². The molecule has 1 amide bonds. The number of nitrogens with zero attached hydrogens (tertiary/aromatic N) is 1. The van der Waals surface area contributed by atoms with Crippen molar-refractivity contribution in [2.75, 3.05) is 26.3 Å². The first kappa shape index (κ1) is 11.9. The molecule has 0 saturated carbocycles. The number of carbonyl (C=O) groups is 2. The fourth-order valence-corrected chi connectivity index (χ4v) is 1.23. The highest BCUT2D eigenvalue weighted by molar-refractivity contribution is 5.91. The summed E-state index contributed by atoms with van der Waals surface area (Å²) in [5.74, 6) is 0.0974. The molecule has 0 atom stereocenters. The van der Waals surface area contributed by atoms with Gasteiger partial charge in [0.15, 0.2) is 5.78 Å². The topological polar surface area (TPSA) is 46.6 Å². The van der Waals surface area contributed by atoms with E-state index in [1.807, 2.05) is 13.8 Å². The Morgan fingerprint density at radius 2 is 2.33 bits per heavy atom. The third-order valence-corrected chi connectivity index (χ3v) is 2.26. The molecule has 84 valence electrons. The third kappa shape index (κ3) is 3.83. The van der Waals surface area contributed by atoms with Crippen LogP contribution in [-0.4, -0.2) is 42.9 Å². The number of amides is 1. The van der Waals surface area contributed by atoms with E-state index in [1.165, 1.54) is 0 Å². The van der Waals surface area contributed by atoms with Crippen molar-refractivity contribution in [3.63, 3.8) is 0 Å². The number of rotatable bonds is 4. The zero-order chi connectivity index (χ0) is 11.3. The molecule has 0 aromatic heterocycles. The standard InChI is InChI=1S/C11H17NO3/c1-9(2)10(13)4-3-5-12-6-7-15-8-11(12)14/h3-4,9H,5-8H2,1-2H3/b4-3+. The highest BCUT2D eigenvalue weighted by Crippen LogP contribution is 2.00. The van der Waals surface area contributed by atoms with Crippen LogP contribution in [0.3, 0.4) is 0 Å². The van der Waals surface area contributed by atoms with E-state index >= 15 is 0 Å². The number of allylic oxidation sites excluding steroid dienone is 1. The first-order valence-corrected chi connectivity index (χ1v) is 5.17. The van der Waals surface area contributed by atoms with Crippen molar-refractivity contribution < 1.29 is 14.3 Å². The molecule has 1 heterocycles. The smallest absolute Gasteiger partial charge is 0.248 e. The number of ketones is 1. The van der Waals surface area contributed by atoms with Crippen LogP contribution >= 0.6 is 0 Å². The highest BCUT2D eigenvalue weighted by Gasteiger charge is 2.16. The van der Waals surface area contributed by atoms with Gasteiger partial charge in [0.1, 0.15) is 6.61 Å². The first-order valence-electron chi connectivity index (χ1n) is 5.17. The van der Waals surface area contributed by atoms with Gasteiger partial charge in [-0.05, 0) is 6.08 Å². The molecule has 0 aromatic carbocycles. The Balaban J connectivity index is 2.35. The lowest BCUT2D eigenvalue weighted by atomic mass is 10.1. The molecule has 1 saturated heterocycles. The molecule has 1 rings (SSSR count). The van der Waals surface area contributed by atoms with Gasteiger partial charge < -0.3 is 9.64 Å². The second-order valence-electron chi connectivity index (χ2n) is 3.85. The normalized spacial score (nSPS) is 17.8. The fourth-order valence-electron chi connectivity index (χ4n) is 1.23. The molecule has 1 fully saturated rings. The first-order chi connectivity index (χ1) is 7.11. The van der Waals surface area contributed by atoms with Gasteiger partial charge in [0.2, 0.25) is 5.91 Å². The van der Waals surface area contributed by atoms with Gasteiger partial charge in [-0.3, -0.25) is 9.59 Å². The second kappa shape index (κ2) is 5.66. The SMILES string of the molecule is CC(C)C(=O)/C=C/CN1CCOCC1=O. The molecule has 15 heavy (non-hydrogen) atoms.